The number of carbonyl (C=O) groups is 1. The molecule has 0 atom stereocenters. The van der Waals surface area contributed by atoms with Crippen LogP contribution in [0.2, 0.25) is 0 Å². The number of aliphatic hydroxyl groups excluding tert-OH is 1. The first-order valence-electron chi connectivity index (χ1n) is 11.3. The Labute approximate surface area is 172 Å². The average molecular weight is 405 g/mol. The number of aliphatic hydroxyl groups is 1. The van der Waals surface area contributed by atoms with Crippen molar-refractivity contribution in [2.45, 2.75) is 84.0 Å². The molecule has 0 spiro atoms. The van der Waals surface area contributed by atoms with Crippen LogP contribution in [0.25, 0.3) is 0 Å². The Morgan fingerprint density at radius 1 is 0.607 bits per heavy atom. The first-order valence-corrected chi connectivity index (χ1v) is 11.3. The van der Waals surface area contributed by atoms with E-state index in [2.05, 4.69) is 6.92 Å². The van der Waals surface area contributed by atoms with Crippen LogP contribution in [-0.2, 0) is 23.7 Å². The van der Waals surface area contributed by atoms with Crippen LogP contribution in [-0.4, -0.2) is 63.9 Å². The summed E-state index contributed by atoms with van der Waals surface area (Å²) in [5.74, 6) is -0.128. The lowest BCUT2D eigenvalue weighted by Crippen LogP contribution is -2.14. The minimum atomic E-state index is -0.128. The molecule has 0 aliphatic heterocycles. The molecule has 0 aromatic heterocycles. The molecule has 0 amide bonds. The summed E-state index contributed by atoms with van der Waals surface area (Å²) in [4.78, 5) is 11.6. The maximum Gasteiger partial charge on any atom is 0.305 e. The Morgan fingerprint density at radius 3 is 1.54 bits per heavy atom. The number of hydrogen-bond donors (Lipinski definition) is 1. The number of ether oxygens (including phenoxy) is 4. The molecule has 6 nitrogen and oxygen atoms in total. The number of unbranched alkanes of at least 4 members (excludes halogenated alkanes) is 10. The molecule has 28 heavy (non-hydrogen) atoms. The van der Waals surface area contributed by atoms with Gasteiger partial charge in [0.05, 0.1) is 46.2 Å². The highest BCUT2D eigenvalue weighted by Gasteiger charge is 2.02. The SMILES string of the molecule is CCCCCCCCCCCCCC(=O)OCCOCCOCCOCCO. The molecule has 0 bridgehead atoms. The van der Waals surface area contributed by atoms with Crippen LogP contribution >= 0.6 is 0 Å². The quantitative estimate of drug-likeness (QED) is 0.202. The van der Waals surface area contributed by atoms with Crippen molar-refractivity contribution in [2.24, 2.45) is 0 Å². The summed E-state index contributed by atoms with van der Waals surface area (Å²) in [7, 11) is 0. The summed E-state index contributed by atoms with van der Waals surface area (Å²) in [6.07, 6.45) is 14.6. The molecule has 168 valence electrons. The van der Waals surface area contributed by atoms with Gasteiger partial charge in [-0.25, -0.2) is 0 Å². The number of rotatable bonds is 23. The summed E-state index contributed by atoms with van der Waals surface area (Å²) in [6, 6.07) is 0. The molecule has 0 heterocycles. The Kier molecular flexibility index (Phi) is 23.7. The van der Waals surface area contributed by atoms with Gasteiger partial charge >= 0.3 is 5.97 Å². The van der Waals surface area contributed by atoms with Crippen LogP contribution in [0.1, 0.15) is 84.0 Å². The van der Waals surface area contributed by atoms with Crippen LogP contribution in [0.5, 0.6) is 0 Å². The largest absolute Gasteiger partial charge is 0.463 e. The molecule has 0 radical (unpaired) electrons. The van der Waals surface area contributed by atoms with E-state index in [0.29, 0.717) is 52.7 Å². The smallest absolute Gasteiger partial charge is 0.305 e. The van der Waals surface area contributed by atoms with Crippen LogP contribution in [0, 0.1) is 0 Å². The van der Waals surface area contributed by atoms with Gasteiger partial charge in [0.1, 0.15) is 6.61 Å². The van der Waals surface area contributed by atoms with Gasteiger partial charge in [-0.1, -0.05) is 71.1 Å². The Morgan fingerprint density at radius 2 is 1.04 bits per heavy atom. The van der Waals surface area contributed by atoms with Crippen molar-refractivity contribution in [3.63, 3.8) is 0 Å². The van der Waals surface area contributed by atoms with E-state index in [-0.39, 0.29) is 12.6 Å². The lowest BCUT2D eigenvalue weighted by atomic mass is 10.1. The fraction of sp³-hybridized carbons (Fsp3) is 0.955. The van der Waals surface area contributed by atoms with Crippen LogP contribution in [0.4, 0.5) is 0 Å². The highest BCUT2D eigenvalue weighted by Crippen LogP contribution is 2.12. The molecule has 6 heteroatoms. The first kappa shape index (κ1) is 27.3. The molecule has 1 N–H and O–H groups in total. The van der Waals surface area contributed by atoms with E-state index in [1.807, 2.05) is 0 Å². The van der Waals surface area contributed by atoms with Crippen LogP contribution < -0.4 is 0 Å². The van der Waals surface area contributed by atoms with Crippen molar-refractivity contribution >= 4 is 5.97 Å². The predicted octanol–water partition coefficient (Wildman–Crippen LogP) is 4.27. The van der Waals surface area contributed by atoms with Gasteiger partial charge < -0.3 is 24.1 Å². The van der Waals surface area contributed by atoms with Crippen molar-refractivity contribution in [2.75, 3.05) is 52.9 Å². The lowest BCUT2D eigenvalue weighted by Gasteiger charge is -2.07. The number of esters is 1. The Hall–Kier alpha value is -0.690. The summed E-state index contributed by atoms with van der Waals surface area (Å²) < 4.78 is 20.9. The summed E-state index contributed by atoms with van der Waals surface area (Å²) in [6.45, 7) is 5.22. The molecule has 0 aromatic rings. The molecule has 0 rings (SSSR count). The third kappa shape index (κ3) is 23.3. The van der Waals surface area contributed by atoms with E-state index in [1.165, 1.54) is 57.8 Å². The van der Waals surface area contributed by atoms with Gasteiger partial charge in [0.25, 0.3) is 0 Å². The van der Waals surface area contributed by atoms with Crippen molar-refractivity contribution in [1.82, 2.24) is 0 Å². The molecule has 0 saturated carbocycles. The zero-order valence-electron chi connectivity index (χ0n) is 18.1. The fourth-order valence-corrected chi connectivity index (χ4v) is 2.83. The molecule has 0 unspecified atom stereocenters. The molecule has 0 fully saturated rings. The Balaban J connectivity index is 3.13. The van der Waals surface area contributed by atoms with Gasteiger partial charge in [-0.05, 0) is 6.42 Å². The summed E-state index contributed by atoms with van der Waals surface area (Å²) >= 11 is 0. The second-order valence-electron chi connectivity index (χ2n) is 7.07. The van der Waals surface area contributed by atoms with E-state index >= 15 is 0 Å². The molecule has 0 aromatic carbocycles. The van der Waals surface area contributed by atoms with Crippen molar-refractivity contribution in [1.29, 1.82) is 0 Å². The third-order valence-electron chi connectivity index (χ3n) is 4.45. The molecule has 0 aliphatic rings. The number of hydrogen-bond acceptors (Lipinski definition) is 6. The van der Waals surface area contributed by atoms with Gasteiger partial charge in [-0.15, -0.1) is 0 Å². The second-order valence-corrected chi connectivity index (χ2v) is 7.07. The molecule has 0 saturated heterocycles. The number of carbonyl (C=O) groups excluding carboxylic acids is 1. The zero-order chi connectivity index (χ0) is 20.5. The molecular formula is C22H44O6. The van der Waals surface area contributed by atoms with E-state index < -0.39 is 0 Å². The predicted molar refractivity (Wildman–Crippen MR) is 112 cm³/mol. The van der Waals surface area contributed by atoms with Crippen molar-refractivity contribution in [3.8, 4) is 0 Å². The normalized spacial score (nSPS) is 11.1. The average Bonchev–Trinajstić information content (AvgIpc) is 2.70. The highest BCUT2D eigenvalue weighted by molar-refractivity contribution is 5.69. The third-order valence-corrected chi connectivity index (χ3v) is 4.45. The van der Waals surface area contributed by atoms with Crippen molar-refractivity contribution in [3.05, 3.63) is 0 Å². The van der Waals surface area contributed by atoms with Gasteiger partial charge in [0, 0.05) is 6.42 Å². The van der Waals surface area contributed by atoms with Gasteiger partial charge in [0.15, 0.2) is 0 Å². The fourth-order valence-electron chi connectivity index (χ4n) is 2.83. The maximum absolute atomic E-state index is 11.6. The van der Waals surface area contributed by atoms with E-state index in [0.717, 1.165) is 12.8 Å². The van der Waals surface area contributed by atoms with Gasteiger partial charge in [0.2, 0.25) is 0 Å². The topological polar surface area (TPSA) is 74.2 Å². The van der Waals surface area contributed by atoms with Gasteiger partial charge in [-0.3, -0.25) is 4.79 Å². The van der Waals surface area contributed by atoms with E-state index in [4.69, 9.17) is 24.1 Å². The standard InChI is InChI=1S/C22H44O6/c1-2-3-4-5-6-7-8-9-10-11-12-13-22(24)28-21-20-27-19-18-26-17-16-25-15-14-23/h23H,2-21H2,1H3. The first-order chi connectivity index (χ1) is 13.8. The Bertz CT molecular complexity index is 283. The second kappa shape index (κ2) is 24.3. The molecular weight excluding hydrogens is 360 g/mol. The maximum atomic E-state index is 11.6. The summed E-state index contributed by atoms with van der Waals surface area (Å²) in [5.41, 5.74) is 0. The van der Waals surface area contributed by atoms with Crippen LogP contribution in [0.3, 0.4) is 0 Å². The van der Waals surface area contributed by atoms with Crippen LogP contribution in [0.15, 0.2) is 0 Å². The van der Waals surface area contributed by atoms with E-state index in [9.17, 15) is 4.79 Å². The lowest BCUT2D eigenvalue weighted by molar-refractivity contribution is -0.145. The molecule has 0 aliphatic carbocycles. The van der Waals surface area contributed by atoms with E-state index in [1.54, 1.807) is 0 Å². The zero-order valence-corrected chi connectivity index (χ0v) is 18.1. The monoisotopic (exact) mass is 404 g/mol. The summed E-state index contributed by atoms with van der Waals surface area (Å²) in [5, 5.41) is 8.53. The highest BCUT2D eigenvalue weighted by atomic mass is 16.6. The minimum Gasteiger partial charge on any atom is -0.463 e. The van der Waals surface area contributed by atoms with Gasteiger partial charge in [-0.2, -0.15) is 0 Å². The van der Waals surface area contributed by atoms with Crippen molar-refractivity contribution < 1.29 is 28.8 Å². The minimum absolute atomic E-state index is 0.0289.